The molecule has 0 saturated carbocycles. The first-order chi connectivity index (χ1) is 8.86. The Morgan fingerprint density at radius 1 is 1.32 bits per heavy atom. The van der Waals surface area contributed by atoms with Gasteiger partial charge in [-0.2, -0.15) is 0 Å². The minimum Gasteiger partial charge on any atom is -0.480 e. The third kappa shape index (κ3) is 8.83. The Hall–Kier alpha value is -1.83. The van der Waals surface area contributed by atoms with Gasteiger partial charge in [-0.1, -0.05) is 0 Å². The molecule has 0 aliphatic rings. The number of urea groups is 1. The minimum absolute atomic E-state index is 0.0204. The molecule has 0 rings (SSSR count). The normalized spacial score (nSPS) is 10.1. The standard InChI is InChI=1S/C11H21N3O5/c1-8(2)13-9(15)6-12-11(18)14(4-5-19-3)7-10(16)17/h8H,4-7H2,1-3H3,(H,12,18)(H,13,15)(H,16,17). The molecule has 0 unspecified atom stereocenters. The van der Waals surface area contributed by atoms with Gasteiger partial charge in [-0.15, -0.1) is 0 Å². The van der Waals surface area contributed by atoms with Crippen LogP contribution in [0.4, 0.5) is 4.79 Å². The molecule has 0 radical (unpaired) electrons. The molecule has 0 aromatic rings. The van der Waals surface area contributed by atoms with E-state index in [0.717, 1.165) is 4.90 Å². The zero-order chi connectivity index (χ0) is 14.8. The average Bonchev–Trinajstić information content (AvgIpc) is 2.30. The Kier molecular flexibility index (Phi) is 8.27. The van der Waals surface area contributed by atoms with Crippen molar-refractivity contribution in [3.63, 3.8) is 0 Å². The van der Waals surface area contributed by atoms with Crippen LogP contribution in [0.3, 0.4) is 0 Å². The van der Waals surface area contributed by atoms with Crippen molar-refractivity contribution in [3.05, 3.63) is 0 Å². The summed E-state index contributed by atoms with van der Waals surface area (Å²) in [5.74, 6) is -1.46. The van der Waals surface area contributed by atoms with E-state index >= 15 is 0 Å². The van der Waals surface area contributed by atoms with E-state index < -0.39 is 18.5 Å². The van der Waals surface area contributed by atoms with Crippen molar-refractivity contribution in [2.75, 3.05) is 33.4 Å². The number of hydrogen-bond acceptors (Lipinski definition) is 4. The first kappa shape index (κ1) is 17.2. The van der Waals surface area contributed by atoms with Crippen molar-refractivity contribution >= 4 is 17.9 Å². The zero-order valence-corrected chi connectivity index (χ0v) is 11.4. The number of carbonyl (C=O) groups excluding carboxylic acids is 2. The number of carbonyl (C=O) groups is 3. The monoisotopic (exact) mass is 275 g/mol. The molecule has 0 heterocycles. The predicted molar refractivity (Wildman–Crippen MR) is 67.8 cm³/mol. The number of rotatable bonds is 8. The fraction of sp³-hybridized carbons (Fsp3) is 0.727. The molecule has 110 valence electrons. The lowest BCUT2D eigenvalue weighted by atomic mass is 10.4. The summed E-state index contributed by atoms with van der Waals surface area (Å²) in [5.41, 5.74) is 0. The molecule has 0 atom stereocenters. The molecule has 3 N–H and O–H groups in total. The molecule has 0 saturated heterocycles. The van der Waals surface area contributed by atoms with E-state index in [1.807, 2.05) is 0 Å². The molecule has 0 aromatic carbocycles. The van der Waals surface area contributed by atoms with Crippen molar-refractivity contribution in [3.8, 4) is 0 Å². The van der Waals surface area contributed by atoms with Gasteiger partial charge in [0.15, 0.2) is 0 Å². The summed E-state index contributed by atoms with van der Waals surface area (Å²) in [6.07, 6.45) is 0. The SMILES string of the molecule is COCCN(CC(=O)O)C(=O)NCC(=O)NC(C)C. The maximum absolute atomic E-state index is 11.7. The quantitative estimate of drug-likeness (QED) is 0.540. The van der Waals surface area contributed by atoms with Crippen LogP contribution in [0.25, 0.3) is 0 Å². The number of nitrogens with one attached hydrogen (secondary N) is 2. The van der Waals surface area contributed by atoms with Gasteiger partial charge < -0.3 is 25.4 Å². The topological polar surface area (TPSA) is 108 Å². The van der Waals surface area contributed by atoms with Crippen molar-refractivity contribution in [1.82, 2.24) is 15.5 Å². The van der Waals surface area contributed by atoms with Gasteiger partial charge in [0.2, 0.25) is 5.91 Å². The van der Waals surface area contributed by atoms with Gasteiger partial charge in [0.25, 0.3) is 0 Å². The van der Waals surface area contributed by atoms with Crippen LogP contribution >= 0.6 is 0 Å². The summed E-state index contributed by atoms with van der Waals surface area (Å²) < 4.78 is 4.79. The lowest BCUT2D eigenvalue weighted by Gasteiger charge is -2.20. The fourth-order valence-corrected chi connectivity index (χ4v) is 1.26. The zero-order valence-electron chi connectivity index (χ0n) is 11.4. The van der Waals surface area contributed by atoms with E-state index in [-0.39, 0.29) is 31.6 Å². The van der Waals surface area contributed by atoms with Crippen LogP contribution in [0, 0.1) is 0 Å². The maximum Gasteiger partial charge on any atom is 0.323 e. The van der Waals surface area contributed by atoms with Crippen LogP contribution < -0.4 is 10.6 Å². The van der Waals surface area contributed by atoms with E-state index in [4.69, 9.17) is 9.84 Å². The van der Waals surface area contributed by atoms with Crippen LogP contribution in [0.5, 0.6) is 0 Å². The highest BCUT2D eigenvalue weighted by atomic mass is 16.5. The number of hydrogen-bond donors (Lipinski definition) is 3. The minimum atomic E-state index is -1.13. The second-order valence-corrected chi connectivity index (χ2v) is 4.19. The first-order valence-corrected chi connectivity index (χ1v) is 5.89. The molecular formula is C11H21N3O5. The summed E-state index contributed by atoms with van der Waals surface area (Å²) in [6.45, 7) is 3.32. The van der Waals surface area contributed by atoms with Gasteiger partial charge in [-0.3, -0.25) is 9.59 Å². The average molecular weight is 275 g/mol. The number of carboxylic acids is 1. The van der Waals surface area contributed by atoms with Crippen LogP contribution in [-0.4, -0.2) is 67.3 Å². The molecule has 0 aromatic heterocycles. The Labute approximate surface area is 112 Å². The van der Waals surface area contributed by atoms with E-state index in [1.54, 1.807) is 13.8 Å². The van der Waals surface area contributed by atoms with E-state index in [0.29, 0.717) is 0 Å². The molecule has 0 bridgehead atoms. The predicted octanol–water partition coefficient (Wildman–Crippen LogP) is -0.746. The number of methoxy groups -OCH3 is 1. The highest BCUT2D eigenvalue weighted by molar-refractivity contribution is 5.85. The van der Waals surface area contributed by atoms with Crippen molar-refractivity contribution in [2.45, 2.75) is 19.9 Å². The Bertz CT molecular complexity index is 319. The van der Waals surface area contributed by atoms with Crippen LogP contribution in [0.1, 0.15) is 13.8 Å². The third-order valence-corrected chi connectivity index (χ3v) is 2.03. The maximum atomic E-state index is 11.7. The van der Waals surface area contributed by atoms with Crippen molar-refractivity contribution < 1.29 is 24.2 Å². The molecule has 8 heteroatoms. The number of aliphatic carboxylic acids is 1. The van der Waals surface area contributed by atoms with Crippen LogP contribution in [0.2, 0.25) is 0 Å². The number of amides is 3. The molecule has 19 heavy (non-hydrogen) atoms. The molecule has 0 aliphatic heterocycles. The van der Waals surface area contributed by atoms with Gasteiger partial charge in [0.05, 0.1) is 13.2 Å². The van der Waals surface area contributed by atoms with Gasteiger partial charge in [0, 0.05) is 19.7 Å². The Balaban J connectivity index is 4.23. The summed E-state index contributed by atoms with van der Waals surface area (Å²) in [7, 11) is 1.45. The molecule has 3 amide bonds. The lowest BCUT2D eigenvalue weighted by Crippen LogP contribution is -2.47. The number of ether oxygens (including phenoxy) is 1. The summed E-state index contributed by atoms with van der Waals surface area (Å²) in [4.78, 5) is 34.7. The van der Waals surface area contributed by atoms with Gasteiger partial charge in [-0.25, -0.2) is 4.79 Å². The third-order valence-electron chi connectivity index (χ3n) is 2.03. The Morgan fingerprint density at radius 2 is 1.95 bits per heavy atom. The summed E-state index contributed by atoms with van der Waals surface area (Å²) >= 11 is 0. The van der Waals surface area contributed by atoms with E-state index in [2.05, 4.69) is 10.6 Å². The first-order valence-electron chi connectivity index (χ1n) is 5.89. The van der Waals surface area contributed by atoms with Crippen molar-refractivity contribution in [1.29, 1.82) is 0 Å². The molecule has 0 fully saturated rings. The van der Waals surface area contributed by atoms with E-state index in [1.165, 1.54) is 7.11 Å². The molecular weight excluding hydrogens is 254 g/mol. The van der Waals surface area contributed by atoms with Gasteiger partial charge in [0.1, 0.15) is 6.54 Å². The number of nitrogens with zero attached hydrogens (tertiary/aromatic N) is 1. The Morgan fingerprint density at radius 3 is 2.42 bits per heavy atom. The fourth-order valence-electron chi connectivity index (χ4n) is 1.26. The smallest absolute Gasteiger partial charge is 0.323 e. The summed E-state index contributed by atoms with van der Waals surface area (Å²) in [6, 6.07) is -0.633. The van der Waals surface area contributed by atoms with Crippen molar-refractivity contribution in [2.24, 2.45) is 0 Å². The van der Waals surface area contributed by atoms with E-state index in [9.17, 15) is 14.4 Å². The highest BCUT2D eigenvalue weighted by Gasteiger charge is 2.17. The molecule has 8 nitrogen and oxygen atoms in total. The largest absolute Gasteiger partial charge is 0.480 e. The van der Waals surface area contributed by atoms with Crippen LogP contribution in [0.15, 0.2) is 0 Å². The van der Waals surface area contributed by atoms with Gasteiger partial charge in [-0.05, 0) is 13.8 Å². The summed E-state index contributed by atoms with van der Waals surface area (Å²) in [5, 5.41) is 13.7. The van der Waals surface area contributed by atoms with Gasteiger partial charge >= 0.3 is 12.0 Å². The lowest BCUT2D eigenvalue weighted by molar-refractivity contribution is -0.137. The number of carboxylic acid groups (broad SMARTS) is 1. The second kappa shape index (κ2) is 9.15. The second-order valence-electron chi connectivity index (χ2n) is 4.19. The highest BCUT2D eigenvalue weighted by Crippen LogP contribution is 1.90. The molecule has 0 aliphatic carbocycles. The van der Waals surface area contributed by atoms with Crippen LogP contribution in [-0.2, 0) is 14.3 Å². The molecule has 0 spiro atoms.